The third kappa shape index (κ3) is 2.97. The monoisotopic (exact) mass is 339 g/mol. The molecule has 1 unspecified atom stereocenters. The summed E-state index contributed by atoms with van der Waals surface area (Å²) in [5.74, 6) is 0. The number of hydrogen-bond donors (Lipinski definition) is 0. The van der Waals surface area contributed by atoms with E-state index in [1.807, 2.05) is 11.8 Å². The molecule has 2 aromatic rings. The summed E-state index contributed by atoms with van der Waals surface area (Å²) in [6.45, 7) is 3.97. The molecule has 22 heavy (non-hydrogen) atoms. The number of benzene rings is 1. The lowest BCUT2D eigenvalue weighted by Crippen LogP contribution is -2.42. The van der Waals surface area contributed by atoms with Crippen LogP contribution in [-0.4, -0.2) is 35.6 Å². The Balaban J connectivity index is 1.98. The topological polar surface area (TPSA) is 47.4 Å². The molecular formula is C15H15Cl2N3O2. The van der Waals surface area contributed by atoms with Gasteiger partial charge in [0.2, 0.25) is 0 Å². The lowest BCUT2D eigenvalue weighted by atomic mass is 10.2. The second-order valence-corrected chi connectivity index (χ2v) is 5.98. The molecule has 116 valence electrons. The molecule has 1 aliphatic rings. The number of nitrogens with zero attached hydrogens (tertiary/aromatic N) is 3. The summed E-state index contributed by atoms with van der Waals surface area (Å²) in [7, 11) is 0. The summed E-state index contributed by atoms with van der Waals surface area (Å²) in [6.07, 6.45) is 1.72. The molecule has 0 saturated carbocycles. The van der Waals surface area contributed by atoms with E-state index in [0.29, 0.717) is 36.1 Å². The summed E-state index contributed by atoms with van der Waals surface area (Å²) < 4.78 is 6.77. The Kier molecular flexibility index (Phi) is 4.38. The van der Waals surface area contributed by atoms with Gasteiger partial charge in [-0.05, 0) is 31.2 Å². The second kappa shape index (κ2) is 6.28. The lowest BCUT2D eigenvalue weighted by molar-refractivity contribution is 0.0532. The largest absolute Gasteiger partial charge is 0.375 e. The summed E-state index contributed by atoms with van der Waals surface area (Å²) in [6, 6.07) is 6.86. The van der Waals surface area contributed by atoms with Crippen LogP contribution in [-0.2, 0) is 4.74 Å². The number of halogens is 2. The maximum absolute atomic E-state index is 12.5. The first-order chi connectivity index (χ1) is 10.6. The first kappa shape index (κ1) is 15.3. The Morgan fingerprint density at radius 3 is 2.68 bits per heavy atom. The summed E-state index contributed by atoms with van der Waals surface area (Å²) in [5.41, 5.74) is 0.922. The van der Waals surface area contributed by atoms with Crippen LogP contribution in [0.15, 0.2) is 35.3 Å². The van der Waals surface area contributed by atoms with Gasteiger partial charge < -0.3 is 9.64 Å². The van der Waals surface area contributed by atoms with E-state index in [9.17, 15) is 4.79 Å². The Bertz CT molecular complexity index is 731. The van der Waals surface area contributed by atoms with Crippen molar-refractivity contribution in [3.8, 4) is 5.69 Å². The highest BCUT2D eigenvalue weighted by atomic mass is 35.5. The van der Waals surface area contributed by atoms with Crippen molar-refractivity contribution in [2.75, 3.05) is 24.6 Å². The molecule has 0 amide bonds. The molecule has 0 aliphatic carbocycles. The molecule has 1 fully saturated rings. The van der Waals surface area contributed by atoms with Crippen molar-refractivity contribution >= 4 is 28.9 Å². The van der Waals surface area contributed by atoms with Crippen LogP contribution in [0.3, 0.4) is 0 Å². The Hall–Kier alpha value is -1.56. The average Bonchev–Trinajstić information content (AvgIpc) is 2.51. The number of hydrogen-bond acceptors (Lipinski definition) is 4. The van der Waals surface area contributed by atoms with Gasteiger partial charge in [-0.25, -0.2) is 0 Å². The number of morpholine rings is 1. The molecule has 0 radical (unpaired) electrons. The molecule has 0 spiro atoms. The van der Waals surface area contributed by atoms with Gasteiger partial charge in [-0.3, -0.25) is 4.79 Å². The van der Waals surface area contributed by atoms with Crippen LogP contribution in [0, 0.1) is 0 Å². The third-order valence-electron chi connectivity index (χ3n) is 3.55. The van der Waals surface area contributed by atoms with Crippen LogP contribution >= 0.6 is 23.2 Å². The molecule has 1 aromatic heterocycles. The van der Waals surface area contributed by atoms with Crippen molar-refractivity contribution in [1.82, 2.24) is 9.78 Å². The Morgan fingerprint density at radius 1 is 1.27 bits per heavy atom. The summed E-state index contributed by atoms with van der Waals surface area (Å²) >= 11 is 12.1. The van der Waals surface area contributed by atoms with Gasteiger partial charge in [-0.15, -0.1) is 0 Å². The summed E-state index contributed by atoms with van der Waals surface area (Å²) in [5, 5.41) is 5.00. The predicted molar refractivity (Wildman–Crippen MR) is 87.5 cm³/mol. The highest BCUT2D eigenvalue weighted by Crippen LogP contribution is 2.24. The molecule has 1 aromatic carbocycles. The van der Waals surface area contributed by atoms with Crippen molar-refractivity contribution < 1.29 is 4.74 Å². The first-order valence-corrected chi connectivity index (χ1v) is 7.72. The zero-order chi connectivity index (χ0) is 15.7. The highest BCUT2D eigenvalue weighted by molar-refractivity contribution is 6.33. The number of anilines is 1. The zero-order valence-corrected chi connectivity index (χ0v) is 13.5. The minimum atomic E-state index is -0.347. The molecule has 1 saturated heterocycles. The van der Waals surface area contributed by atoms with Gasteiger partial charge in [0.15, 0.2) is 0 Å². The minimum Gasteiger partial charge on any atom is -0.375 e. The predicted octanol–water partition coefficient (Wildman–Crippen LogP) is 2.76. The van der Waals surface area contributed by atoms with E-state index in [2.05, 4.69) is 5.10 Å². The van der Waals surface area contributed by atoms with Crippen molar-refractivity contribution in [3.63, 3.8) is 0 Å². The standard InChI is InChI=1S/C15H15Cl2N3O2/c1-10-9-19(6-7-22-10)13-8-18-20(15(21)14(13)17)12-4-2-11(16)3-5-12/h2-5,8,10H,6-7,9H2,1H3. The molecule has 5 nitrogen and oxygen atoms in total. The van der Waals surface area contributed by atoms with Crippen LogP contribution in [0.5, 0.6) is 0 Å². The van der Waals surface area contributed by atoms with Gasteiger partial charge in [0.25, 0.3) is 5.56 Å². The van der Waals surface area contributed by atoms with Crippen LogP contribution < -0.4 is 10.5 Å². The smallest absolute Gasteiger partial charge is 0.292 e. The van der Waals surface area contributed by atoms with Gasteiger partial charge in [-0.1, -0.05) is 23.2 Å². The fourth-order valence-electron chi connectivity index (χ4n) is 2.45. The Morgan fingerprint density at radius 2 is 2.00 bits per heavy atom. The normalized spacial score (nSPS) is 18.5. The number of ether oxygens (including phenoxy) is 1. The average molecular weight is 340 g/mol. The van der Waals surface area contributed by atoms with E-state index >= 15 is 0 Å². The quantitative estimate of drug-likeness (QED) is 0.844. The van der Waals surface area contributed by atoms with Gasteiger partial charge in [-0.2, -0.15) is 9.78 Å². The van der Waals surface area contributed by atoms with Crippen LogP contribution in [0.2, 0.25) is 10.0 Å². The van der Waals surface area contributed by atoms with Crippen molar-refractivity contribution in [2.24, 2.45) is 0 Å². The fourth-order valence-corrected chi connectivity index (χ4v) is 2.82. The maximum atomic E-state index is 12.5. The Labute approximate surface area is 138 Å². The third-order valence-corrected chi connectivity index (χ3v) is 4.16. The van der Waals surface area contributed by atoms with Crippen molar-refractivity contribution in [3.05, 3.63) is 50.9 Å². The van der Waals surface area contributed by atoms with Crippen LogP contribution in [0.25, 0.3) is 5.69 Å². The second-order valence-electron chi connectivity index (χ2n) is 5.16. The fraction of sp³-hybridized carbons (Fsp3) is 0.333. The van der Waals surface area contributed by atoms with Crippen molar-refractivity contribution in [2.45, 2.75) is 13.0 Å². The minimum absolute atomic E-state index is 0.100. The van der Waals surface area contributed by atoms with E-state index in [4.69, 9.17) is 27.9 Å². The van der Waals surface area contributed by atoms with Gasteiger partial charge in [0.05, 0.1) is 30.3 Å². The molecule has 7 heteroatoms. The zero-order valence-electron chi connectivity index (χ0n) is 12.0. The maximum Gasteiger partial charge on any atom is 0.292 e. The number of aromatic nitrogens is 2. The molecular weight excluding hydrogens is 325 g/mol. The molecule has 3 rings (SSSR count). The van der Waals surface area contributed by atoms with Crippen molar-refractivity contribution in [1.29, 1.82) is 0 Å². The van der Waals surface area contributed by atoms with Crippen LogP contribution in [0.4, 0.5) is 5.69 Å². The van der Waals surface area contributed by atoms with E-state index < -0.39 is 0 Å². The van der Waals surface area contributed by atoms with E-state index in [1.54, 1.807) is 30.5 Å². The number of rotatable bonds is 2. The highest BCUT2D eigenvalue weighted by Gasteiger charge is 2.21. The molecule has 2 heterocycles. The molecule has 1 atom stereocenters. The van der Waals surface area contributed by atoms with Gasteiger partial charge in [0, 0.05) is 18.1 Å². The molecule has 0 bridgehead atoms. The lowest BCUT2D eigenvalue weighted by Gasteiger charge is -2.33. The van der Waals surface area contributed by atoms with Crippen LogP contribution in [0.1, 0.15) is 6.92 Å². The van der Waals surface area contributed by atoms with Gasteiger partial charge >= 0.3 is 0 Å². The van der Waals surface area contributed by atoms with E-state index in [0.717, 1.165) is 0 Å². The molecule has 0 N–H and O–H groups in total. The first-order valence-electron chi connectivity index (χ1n) is 6.96. The SMILES string of the molecule is CC1CN(c2cnn(-c3ccc(Cl)cc3)c(=O)c2Cl)CCO1. The summed E-state index contributed by atoms with van der Waals surface area (Å²) in [4.78, 5) is 14.5. The van der Waals surface area contributed by atoms with E-state index in [-0.39, 0.29) is 16.7 Å². The van der Waals surface area contributed by atoms with Gasteiger partial charge in [0.1, 0.15) is 5.02 Å². The van der Waals surface area contributed by atoms with E-state index in [1.165, 1.54) is 4.68 Å². The molecule has 1 aliphatic heterocycles.